The number of nitrogens with one attached hydrogen (secondary N) is 1. The molecule has 1 aliphatic heterocycles. The zero-order chi connectivity index (χ0) is 18.4. The second-order valence-corrected chi connectivity index (χ2v) is 7.30. The fourth-order valence-electron chi connectivity index (χ4n) is 3.27. The minimum absolute atomic E-state index is 0.232. The highest BCUT2D eigenvalue weighted by Gasteiger charge is 2.35. The summed E-state index contributed by atoms with van der Waals surface area (Å²) in [6, 6.07) is 6.01. The van der Waals surface area contributed by atoms with Crippen LogP contribution in [-0.2, 0) is 9.53 Å². The zero-order valence-corrected chi connectivity index (χ0v) is 15.4. The smallest absolute Gasteiger partial charge is 0.338 e. The van der Waals surface area contributed by atoms with Crippen molar-refractivity contribution in [2.24, 2.45) is 0 Å². The number of ether oxygens (including phenoxy) is 1. The SMILES string of the molecule is CC1=C(C(=O)OC(C)C)C(c2ccsc2)n2c(nc3ccc(F)cc32)N1. The number of hydrogen-bond donors (Lipinski definition) is 1. The van der Waals surface area contributed by atoms with E-state index >= 15 is 0 Å². The number of carbonyl (C=O) groups excluding carboxylic acids is 1. The van der Waals surface area contributed by atoms with E-state index < -0.39 is 6.04 Å². The average Bonchev–Trinajstić information content (AvgIpc) is 3.20. The first-order chi connectivity index (χ1) is 12.5. The number of imidazole rings is 1. The second-order valence-electron chi connectivity index (χ2n) is 6.52. The van der Waals surface area contributed by atoms with Crippen LogP contribution in [0.3, 0.4) is 0 Å². The predicted octanol–water partition coefficient (Wildman–Crippen LogP) is 4.48. The highest BCUT2D eigenvalue weighted by atomic mass is 32.1. The molecule has 2 aromatic heterocycles. The van der Waals surface area contributed by atoms with Gasteiger partial charge in [-0.3, -0.25) is 4.57 Å². The third kappa shape index (κ3) is 2.68. The number of carbonyl (C=O) groups is 1. The lowest BCUT2D eigenvalue weighted by molar-refractivity contribution is -0.143. The molecular formula is C19H18FN3O2S. The van der Waals surface area contributed by atoms with Gasteiger partial charge >= 0.3 is 5.97 Å². The quantitative estimate of drug-likeness (QED) is 0.690. The summed E-state index contributed by atoms with van der Waals surface area (Å²) in [4.78, 5) is 17.4. The molecular weight excluding hydrogens is 353 g/mol. The highest BCUT2D eigenvalue weighted by Crippen LogP contribution is 2.40. The van der Waals surface area contributed by atoms with E-state index in [9.17, 15) is 9.18 Å². The fourth-order valence-corrected chi connectivity index (χ4v) is 3.95. The van der Waals surface area contributed by atoms with Crippen molar-refractivity contribution in [3.63, 3.8) is 0 Å². The fraction of sp³-hybridized carbons (Fsp3) is 0.263. The van der Waals surface area contributed by atoms with Gasteiger partial charge in [0.1, 0.15) is 5.82 Å². The number of esters is 1. The number of aromatic nitrogens is 2. The van der Waals surface area contributed by atoms with Crippen LogP contribution in [0.15, 0.2) is 46.3 Å². The van der Waals surface area contributed by atoms with Crippen molar-refractivity contribution >= 4 is 34.3 Å². The third-order valence-electron chi connectivity index (χ3n) is 4.31. The Morgan fingerprint density at radius 3 is 2.88 bits per heavy atom. The standard InChI is InChI=1S/C19H18FN3O2S/c1-10(2)25-18(24)16-11(3)21-19-22-14-5-4-13(20)8-15(14)23(19)17(16)12-6-7-26-9-12/h4-10,17H,1-3H3,(H,21,22). The molecule has 26 heavy (non-hydrogen) atoms. The number of anilines is 1. The van der Waals surface area contributed by atoms with Gasteiger partial charge in [-0.1, -0.05) is 0 Å². The van der Waals surface area contributed by atoms with Crippen LogP contribution in [0.4, 0.5) is 10.3 Å². The van der Waals surface area contributed by atoms with E-state index in [1.807, 2.05) is 42.2 Å². The number of rotatable bonds is 3. The molecule has 3 aromatic rings. The molecule has 0 aliphatic carbocycles. The molecule has 0 saturated carbocycles. The van der Waals surface area contributed by atoms with Crippen LogP contribution in [0, 0.1) is 5.82 Å². The van der Waals surface area contributed by atoms with Crippen LogP contribution < -0.4 is 5.32 Å². The van der Waals surface area contributed by atoms with E-state index in [2.05, 4.69) is 10.3 Å². The van der Waals surface area contributed by atoms with E-state index in [1.165, 1.54) is 12.1 Å². The van der Waals surface area contributed by atoms with Gasteiger partial charge in [0.25, 0.3) is 0 Å². The number of thiophene rings is 1. The Morgan fingerprint density at radius 2 is 2.19 bits per heavy atom. The van der Waals surface area contributed by atoms with Crippen molar-refractivity contribution in [2.45, 2.75) is 32.9 Å². The maximum absolute atomic E-state index is 13.9. The molecule has 134 valence electrons. The summed E-state index contributed by atoms with van der Waals surface area (Å²) in [5.74, 6) is -0.146. The summed E-state index contributed by atoms with van der Waals surface area (Å²) in [7, 11) is 0. The van der Waals surface area contributed by atoms with E-state index in [4.69, 9.17) is 4.74 Å². The molecule has 1 aromatic carbocycles. The van der Waals surface area contributed by atoms with Crippen LogP contribution in [0.1, 0.15) is 32.4 Å². The molecule has 1 unspecified atom stereocenters. The highest BCUT2D eigenvalue weighted by molar-refractivity contribution is 7.08. The van der Waals surface area contributed by atoms with Gasteiger partial charge in [-0.25, -0.2) is 14.2 Å². The number of fused-ring (bicyclic) bond motifs is 3. The van der Waals surface area contributed by atoms with Crippen LogP contribution in [0.5, 0.6) is 0 Å². The molecule has 0 spiro atoms. The molecule has 1 atom stereocenters. The van der Waals surface area contributed by atoms with Crippen molar-refractivity contribution in [3.8, 4) is 0 Å². The molecule has 0 bridgehead atoms. The number of benzene rings is 1. The van der Waals surface area contributed by atoms with Crippen molar-refractivity contribution in [1.29, 1.82) is 0 Å². The molecule has 1 N–H and O–H groups in total. The van der Waals surface area contributed by atoms with Gasteiger partial charge in [-0.05, 0) is 61.4 Å². The van der Waals surface area contributed by atoms with Gasteiger partial charge < -0.3 is 10.1 Å². The Bertz CT molecular complexity index is 1020. The first-order valence-corrected chi connectivity index (χ1v) is 9.28. The second kappa shape index (κ2) is 6.25. The number of allylic oxidation sites excluding steroid dienone is 1. The van der Waals surface area contributed by atoms with Gasteiger partial charge in [-0.15, -0.1) is 0 Å². The lowest BCUT2D eigenvalue weighted by Crippen LogP contribution is -2.29. The zero-order valence-electron chi connectivity index (χ0n) is 14.6. The minimum Gasteiger partial charge on any atom is -0.459 e. The Morgan fingerprint density at radius 1 is 1.38 bits per heavy atom. The van der Waals surface area contributed by atoms with Gasteiger partial charge in [0.15, 0.2) is 0 Å². The van der Waals surface area contributed by atoms with Gasteiger partial charge in [0.05, 0.1) is 28.8 Å². The van der Waals surface area contributed by atoms with Gasteiger partial charge in [0.2, 0.25) is 5.95 Å². The van der Waals surface area contributed by atoms with Crippen molar-refractivity contribution in [2.75, 3.05) is 5.32 Å². The Labute approximate surface area is 154 Å². The van der Waals surface area contributed by atoms with Gasteiger partial charge in [0, 0.05) is 5.70 Å². The molecule has 5 nitrogen and oxygen atoms in total. The molecule has 7 heteroatoms. The summed E-state index contributed by atoms with van der Waals surface area (Å²) < 4.78 is 21.2. The summed E-state index contributed by atoms with van der Waals surface area (Å²) >= 11 is 1.55. The predicted molar refractivity (Wildman–Crippen MR) is 99.7 cm³/mol. The molecule has 1 aliphatic rings. The molecule has 0 amide bonds. The Balaban J connectivity index is 1.95. The Hall–Kier alpha value is -2.67. The molecule has 3 heterocycles. The normalized spacial score (nSPS) is 16.7. The molecule has 0 fully saturated rings. The summed E-state index contributed by atoms with van der Waals surface area (Å²) in [5.41, 5.74) is 3.44. The van der Waals surface area contributed by atoms with E-state index in [1.54, 1.807) is 17.4 Å². The summed E-state index contributed by atoms with van der Waals surface area (Å²) in [6.45, 7) is 5.47. The molecule has 0 saturated heterocycles. The maximum atomic E-state index is 13.9. The molecule has 4 rings (SSSR count). The van der Waals surface area contributed by atoms with Crippen LogP contribution in [-0.4, -0.2) is 21.6 Å². The van der Waals surface area contributed by atoms with Crippen LogP contribution in [0.25, 0.3) is 11.0 Å². The molecule has 0 radical (unpaired) electrons. The number of nitrogens with zero attached hydrogens (tertiary/aromatic N) is 2. The average molecular weight is 371 g/mol. The van der Waals surface area contributed by atoms with E-state index in [0.717, 1.165) is 5.56 Å². The van der Waals surface area contributed by atoms with Crippen LogP contribution in [0.2, 0.25) is 0 Å². The van der Waals surface area contributed by atoms with Crippen molar-refractivity contribution in [3.05, 3.63) is 57.7 Å². The monoisotopic (exact) mass is 371 g/mol. The summed E-state index contributed by atoms with van der Waals surface area (Å²) in [5, 5.41) is 7.12. The largest absolute Gasteiger partial charge is 0.459 e. The maximum Gasteiger partial charge on any atom is 0.338 e. The first kappa shape index (κ1) is 16.8. The summed E-state index contributed by atoms with van der Waals surface area (Å²) in [6.07, 6.45) is -0.232. The minimum atomic E-state index is -0.421. The lowest BCUT2D eigenvalue weighted by atomic mass is 9.97. The number of halogens is 1. The van der Waals surface area contributed by atoms with Crippen molar-refractivity contribution in [1.82, 2.24) is 9.55 Å². The van der Waals surface area contributed by atoms with Gasteiger partial charge in [-0.2, -0.15) is 11.3 Å². The third-order valence-corrected chi connectivity index (χ3v) is 5.01. The first-order valence-electron chi connectivity index (χ1n) is 8.34. The van der Waals surface area contributed by atoms with E-state index in [0.29, 0.717) is 28.3 Å². The lowest BCUT2D eigenvalue weighted by Gasteiger charge is -2.30. The van der Waals surface area contributed by atoms with Crippen molar-refractivity contribution < 1.29 is 13.9 Å². The van der Waals surface area contributed by atoms with E-state index in [-0.39, 0.29) is 17.9 Å². The number of hydrogen-bond acceptors (Lipinski definition) is 5. The Kier molecular flexibility index (Phi) is 4.03. The topological polar surface area (TPSA) is 56.2 Å². The van der Waals surface area contributed by atoms with Crippen LogP contribution >= 0.6 is 11.3 Å².